The summed E-state index contributed by atoms with van der Waals surface area (Å²) in [6, 6.07) is 0.720. The fourth-order valence-corrected chi connectivity index (χ4v) is 3.61. The maximum absolute atomic E-state index is 11.2. The van der Waals surface area contributed by atoms with Crippen molar-refractivity contribution in [3.8, 4) is 0 Å². The van der Waals surface area contributed by atoms with Gasteiger partial charge in [0.25, 0.3) is 0 Å². The molecule has 0 amide bonds. The summed E-state index contributed by atoms with van der Waals surface area (Å²) in [4.78, 5) is 21.5. The second-order valence-corrected chi connectivity index (χ2v) is 7.41. The molecule has 1 aromatic rings. The number of rotatable bonds is 8. The van der Waals surface area contributed by atoms with E-state index in [0.717, 1.165) is 19.4 Å². The van der Waals surface area contributed by atoms with Crippen molar-refractivity contribution < 1.29 is 4.92 Å². The number of nitrogens with zero attached hydrogens (tertiary/aromatic N) is 4. The number of anilines is 2. The summed E-state index contributed by atoms with van der Waals surface area (Å²) in [5.74, 6) is 1.46. The average Bonchev–Trinajstić information content (AvgIpc) is 3.39. The van der Waals surface area contributed by atoms with Crippen LogP contribution < -0.4 is 10.6 Å². The van der Waals surface area contributed by atoms with Crippen LogP contribution in [0.5, 0.6) is 0 Å². The third kappa shape index (κ3) is 4.78. The first-order valence-corrected chi connectivity index (χ1v) is 9.23. The lowest BCUT2D eigenvalue weighted by Crippen LogP contribution is -2.41. The number of aromatic nitrogens is 2. The van der Waals surface area contributed by atoms with E-state index in [9.17, 15) is 10.1 Å². The van der Waals surface area contributed by atoms with Gasteiger partial charge in [-0.1, -0.05) is 19.3 Å². The van der Waals surface area contributed by atoms with Gasteiger partial charge in [0, 0.05) is 18.6 Å². The second-order valence-electron chi connectivity index (χ2n) is 7.41. The van der Waals surface area contributed by atoms with E-state index < -0.39 is 4.92 Å². The summed E-state index contributed by atoms with van der Waals surface area (Å²) in [6.07, 6.45) is 9.84. The van der Waals surface area contributed by atoms with Crippen molar-refractivity contribution in [3.05, 3.63) is 16.3 Å². The first-order chi connectivity index (χ1) is 12.0. The molecule has 0 spiro atoms. The zero-order chi connectivity index (χ0) is 17.8. The largest absolute Gasteiger partial charge is 0.361 e. The van der Waals surface area contributed by atoms with Crippen molar-refractivity contribution in [2.45, 2.75) is 57.0 Å². The van der Waals surface area contributed by atoms with Crippen molar-refractivity contribution in [2.75, 3.05) is 31.3 Å². The standard InChI is InChI=1S/C17H28N6O2/c1-22(2)14(12-6-4-3-5-7-12)10-18-17-19-11-15(23(24)25)16(21-17)20-13-8-9-13/h11-14H,3-10H2,1-2H3,(H2,18,19,20,21)/t14-/m1/s1. The normalized spacial score (nSPS) is 19.6. The Morgan fingerprint density at radius 2 is 2.00 bits per heavy atom. The molecule has 1 atom stereocenters. The van der Waals surface area contributed by atoms with Gasteiger partial charge in [0.15, 0.2) is 0 Å². The summed E-state index contributed by atoms with van der Waals surface area (Å²) in [6.45, 7) is 0.748. The van der Waals surface area contributed by atoms with Crippen molar-refractivity contribution >= 4 is 17.5 Å². The van der Waals surface area contributed by atoms with E-state index in [1.54, 1.807) is 0 Å². The Morgan fingerprint density at radius 3 is 2.60 bits per heavy atom. The van der Waals surface area contributed by atoms with Crippen LogP contribution >= 0.6 is 0 Å². The predicted octanol–water partition coefficient (Wildman–Crippen LogP) is 2.88. The van der Waals surface area contributed by atoms with Gasteiger partial charge in [0.1, 0.15) is 6.20 Å². The van der Waals surface area contributed by atoms with Gasteiger partial charge < -0.3 is 15.5 Å². The third-order valence-corrected chi connectivity index (χ3v) is 5.21. The van der Waals surface area contributed by atoms with Gasteiger partial charge in [-0.2, -0.15) is 4.98 Å². The minimum absolute atomic E-state index is 0.0612. The van der Waals surface area contributed by atoms with Crippen molar-refractivity contribution in [1.82, 2.24) is 14.9 Å². The van der Waals surface area contributed by atoms with Gasteiger partial charge in [0.2, 0.25) is 11.8 Å². The van der Waals surface area contributed by atoms with Crippen LogP contribution in [0.15, 0.2) is 6.20 Å². The third-order valence-electron chi connectivity index (χ3n) is 5.21. The molecule has 2 saturated carbocycles. The molecular weight excluding hydrogens is 320 g/mol. The first kappa shape index (κ1) is 17.8. The van der Waals surface area contributed by atoms with Crippen LogP contribution in [-0.4, -0.2) is 52.5 Å². The molecule has 8 nitrogen and oxygen atoms in total. The maximum Gasteiger partial charge on any atom is 0.329 e. The Bertz CT molecular complexity index is 599. The fraction of sp³-hybridized carbons (Fsp3) is 0.765. The lowest BCUT2D eigenvalue weighted by Gasteiger charge is -2.35. The Morgan fingerprint density at radius 1 is 1.28 bits per heavy atom. The van der Waals surface area contributed by atoms with Crippen LogP contribution in [0.3, 0.4) is 0 Å². The summed E-state index contributed by atoms with van der Waals surface area (Å²) in [7, 11) is 4.22. The predicted molar refractivity (Wildman–Crippen MR) is 97.9 cm³/mol. The van der Waals surface area contributed by atoms with Gasteiger partial charge >= 0.3 is 5.69 Å². The van der Waals surface area contributed by atoms with E-state index in [4.69, 9.17) is 0 Å². The van der Waals surface area contributed by atoms with Crippen LogP contribution in [0.4, 0.5) is 17.5 Å². The minimum Gasteiger partial charge on any atom is -0.361 e. The van der Waals surface area contributed by atoms with E-state index in [2.05, 4.69) is 39.6 Å². The highest BCUT2D eigenvalue weighted by molar-refractivity contribution is 5.58. The molecule has 0 aliphatic heterocycles. The van der Waals surface area contributed by atoms with Crippen LogP contribution in [0.1, 0.15) is 44.9 Å². The van der Waals surface area contributed by atoms with E-state index >= 15 is 0 Å². The highest BCUT2D eigenvalue weighted by Crippen LogP contribution is 2.30. The van der Waals surface area contributed by atoms with Crippen LogP contribution in [0, 0.1) is 16.0 Å². The van der Waals surface area contributed by atoms with Gasteiger partial charge in [-0.3, -0.25) is 10.1 Å². The molecule has 8 heteroatoms. The van der Waals surface area contributed by atoms with Crippen molar-refractivity contribution in [2.24, 2.45) is 5.92 Å². The zero-order valence-electron chi connectivity index (χ0n) is 15.1. The highest BCUT2D eigenvalue weighted by Gasteiger charge is 2.28. The number of likely N-dealkylation sites (N-methyl/N-ethyl adjacent to an activating group) is 1. The average molecular weight is 348 g/mol. The molecule has 0 radical (unpaired) electrons. The van der Waals surface area contributed by atoms with Crippen molar-refractivity contribution in [3.63, 3.8) is 0 Å². The molecule has 0 saturated heterocycles. The van der Waals surface area contributed by atoms with E-state index in [0.29, 0.717) is 29.8 Å². The molecule has 0 bridgehead atoms. The molecular formula is C17H28N6O2. The second kappa shape index (κ2) is 7.95. The molecule has 0 aromatic carbocycles. The molecule has 138 valence electrons. The number of nitro groups is 1. The van der Waals surface area contributed by atoms with Gasteiger partial charge in [0.05, 0.1) is 4.92 Å². The topological polar surface area (TPSA) is 96.2 Å². The lowest BCUT2D eigenvalue weighted by atomic mass is 9.83. The molecule has 2 aliphatic carbocycles. The van der Waals surface area contributed by atoms with Crippen LogP contribution in [0.25, 0.3) is 0 Å². The molecule has 3 rings (SSSR count). The SMILES string of the molecule is CN(C)[C@H](CNc1ncc([N+](=O)[O-])c(NC2CC2)n1)C1CCCCC1. The Balaban J connectivity index is 1.67. The molecule has 0 unspecified atom stereocenters. The molecule has 2 aliphatic rings. The van der Waals surface area contributed by atoms with E-state index in [1.165, 1.54) is 38.3 Å². The van der Waals surface area contributed by atoms with E-state index in [1.807, 2.05) is 0 Å². The lowest BCUT2D eigenvalue weighted by molar-refractivity contribution is -0.384. The molecule has 1 aromatic heterocycles. The summed E-state index contributed by atoms with van der Waals surface area (Å²) in [5, 5.41) is 17.6. The Kier molecular flexibility index (Phi) is 5.67. The quantitative estimate of drug-likeness (QED) is 0.551. The fourth-order valence-electron chi connectivity index (χ4n) is 3.61. The number of hydrogen-bond acceptors (Lipinski definition) is 7. The Hall–Kier alpha value is -1.96. The maximum atomic E-state index is 11.2. The molecule has 25 heavy (non-hydrogen) atoms. The smallest absolute Gasteiger partial charge is 0.329 e. The monoisotopic (exact) mass is 348 g/mol. The molecule has 2 N–H and O–H groups in total. The minimum atomic E-state index is -0.431. The van der Waals surface area contributed by atoms with Crippen LogP contribution in [0.2, 0.25) is 0 Å². The van der Waals surface area contributed by atoms with Crippen LogP contribution in [-0.2, 0) is 0 Å². The van der Waals surface area contributed by atoms with Gasteiger partial charge in [-0.05, 0) is 45.7 Å². The molecule has 2 fully saturated rings. The van der Waals surface area contributed by atoms with Gasteiger partial charge in [-0.25, -0.2) is 4.98 Å². The number of hydrogen-bond donors (Lipinski definition) is 2. The summed E-state index contributed by atoms with van der Waals surface area (Å²) < 4.78 is 0. The van der Waals surface area contributed by atoms with Crippen molar-refractivity contribution in [1.29, 1.82) is 0 Å². The van der Waals surface area contributed by atoms with E-state index in [-0.39, 0.29) is 5.69 Å². The first-order valence-electron chi connectivity index (χ1n) is 9.23. The number of nitrogens with one attached hydrogen (secondary N) is 2. The summed E-state index contributed by atoms with van der Waals surface area (Å²) >= 11 is 0. The summed E-state index contributed by atoms with van der Waals surface area (Å²) in [5.41, 5.74) is -0.0612. The van der Waals surface area contributed by atoms with Gasteiger partial charge in [-0.15, -0.1) is 0 Å². The Labute approximate surface area is 148 Å². The molecule has 1 heterocycles. The zero-order valence-corrected chi connectivity index (χ0v) is 15.1. The highest BCUT2D eigenvalue weighted by atomic mass is 16.6.